The average Bonchev–Trinajstić information content (AvgIpc) is 3.15. The maximum absolute atomic E-state index is 13.5. The smallest absolute Gasteiger partial charge is 0.433 e. The Morgan fingerprint density at radius 2 is 1.74 bits per heavy atom. The number of amides is 1. The number of rotatable bonds is 15. The number of halogens is 1. The van der Waals surface area contributed by atoms with E-state index in [0.29, 0.717) is 27.8 Å². The van der Waals surface area contributed by atoms with Crippen molar-refractivity contribution in [2.24, 2.45) is 10.2 Å². The number of hydrogen-bond acceptors (Lipinski definition) is 21. The lowest BCUT2D eigenvalue weighted by molar-refractivity contribution is -0.432. The minimum Gasteiger partial charge on any atom is -0.505 e. The summed E-state index contributed by atoms with van der Waals surface area (Å²) in [4.78, 5) is 29.5. The number of methoxy groups -OCH3 is 1. The van der Waals surface area contributed by atoms with E-state index >= 15 is 0 Å². The third kappa shape index (κ3) is 11.8. The number of carbonyl (C=O) groups excluding carboxylic acids is 1. The number of nitrogens with one attached hydrogen (secondary N) is 2. The van der Waals surface area contributed by atoms with Crippen molar-refractivity contribution >= 4 is 113 Å². The summed E-state index contributed by atoms with van der Waals surface area (Å²) in [5, 5.41) is 40.4. The highest BCUT2D eigenvalue weighted by molar-refractivity contribution is 8.04. The molecule has 6 N–H and O–H groups in total. The van der Waals surface area contributed by atoms with E-state index in [0.717, 1.165) is 23.9 Å². The van der Waals surface area contributed by atoms with Crippen LogP contribution < -0.4 is 15.4 Å². The van der Waals surface area contributed by atoms with Gasteiger partial charge in [-0.25, -0.2) is 5.26 Å². The summed E-state index contributed by atoms with van der Waals surface area (Å²) in [7, 11) is -8.42. The predicted octanol–water partition coefficient (Wildman–Crippen LogP) is 6.96. The number of nitrogens with zero attached hydrogens (tertiary/aromatic N) is 5. The van der Waals surface area contributed by atoms with Gasteiger partial charge in [-0.05, 0) is 100 Å². The molecule has 27 heteroatoms. The van der Waals surface area contributed by atoms with Crippen molar-refractivity contribution in [3.8, 4) is 22.9 Å². The van der Waals surface area contributed by atoms with E-state index in [-0.39, 0.29) is 55.3 Å². The fourth-order valence-electron chi connectivity index (χ4n) is 4.49. The van der Waals surface area contributed by atoms with Crippen LogP contribution in [0, 0.1) is 11.4 Å². The van der Waals surface area contributed by atoms with Crippen LogP contribution in [0.15, 0.2) is 90.7 Å². The molecule has 0 aliphatic carbocycles. The SMILES string of the molecule is COc1cc(SC#COOS(=O)(=O)O)ccc1N=Nc1c(SOOO)cc2cc(S(=O)(=O)O)cc(NC(=O)c3ccc(Nc4nc(Cl)nc(SC)n4)cc3)c2c1O. The second kappa shape index (κ2) is 18.9. The summed E-state index contributed by atoms with van der Waals surface area (Å²) in [6, 6.07) is 13.5. The van der Waals surface area contributed by atoms with Gasteiger partial charge in [0.15, 0.2) is 17.0 Å². The summed E-state index contributed by atoms with van der Waals surface area (Å²) >= 11 is 8.39. The molecule has 57 heavy (non-hydrogen) atoms. The van der Waals surface area contributed by atoms with Gasteiger partial charge in [0.25, 0.3) is 16.0 Å². The summed E-state index contributed by atoms with van der Waals surface area (Å²) in [5.74, 6) is -1.13. The number of carbonyl (C=O) groups is 1. The summed E-state index contributed by atoms with van der Waals surface area (Å²) in [5.41, 5.74) is 0.0758. The largest absolute Gasteiger partial charge is 0.505 e. The van der Waals surface area contributed by atoms with Crippen LogP contribution in [-0.4, -0.2) is 70.5 Å². The summed E-state index contributed by atoms with van der Waals surface area (Å²) in [6.45, 7) is 0. The first-order chi connectivity index (χ1) is 27.1. The van der Waals surface area contributed by atoms with Crippen molar-refractivity contribution in [3.05, 3.63) is 71.5 Å². The maximum atomic E-state index is 13.5. The Labute approximate surface area is 339 Å². The van der Waals surface area contributed by atoms with Gasteiger partial charge in [0.05, 0.1) is 34.6 Å². The number of aromatic nitrogens is 3. The number of hydrogen-bond donors (Lipinski definition) is 6. The van der Waals surface area contributed by atoms with Gasteiger partial charge < -0.3 is 20.5 Å². The Kier molecular flexibility index (Phi) is 14.3. The molecule has 0 bridgehead atoms. The molecule has 5 rings (SSSR count). The molecule has 0 saturated heterocycles. The Balaban J connectivity index is 1.49. The van der Waals surface area contributed by atoms with Crippen molar-refractivity contribution in [2.45, 2.75) is 19.8 Å². The number of azo groups is 1. The zero-order chi connectivity index (χ0) is 41.3. The Bertz CT molecular complexity index is 2650. The lowest BCUT2D eigenvalue weighted by Crippen LogP contribution is -2.13. The van der Waals surface area contributed by atoms with Crippen molar-refractivity contribution in [1.29, 1.82) is 0 Å². The number of phenolic OH excluding ortho intramolecular Hbond substituents is 1. The minimum absolute atomic E-state index is 0.0286. The van der Waals surface area contributed by atoms with Crippen molar-refractivity contribution in [3.63, 3.8) is 0 Å². The highest BCUT2D eigenvalue weighted by atomic mass is 35.5. The number of aromatic hydroxyl groups is 1. The normalized spacial score (nSPS) is 11.6. The van der Waals surface area contributed by atoms with Gasteiger partial charge in [0.1, 0.15) is 17.1 Å². The number of ether oxygens (including phenoxy) is 1. The molecule has 1 heterocycles. The van der Waals surface area contributed by atoms with Crippen LogP contribution in [0.4, 0.5) is 28.7 Å². The zero-order valence-corrected chi connectivity index (χ0v) is 33.1. The van der Waals surface area contributed by atoms with E-state index in [2.05, 4.69) is 59.7 Å². The quantitative estimate of drug-likeness (QED) is 0.0118. The molecule has 298 valence electrons. The minimum atomic E-state index is -4.87. The van der Waals surface area contributed by atoms with Crippen LogP contribution in [-0.2, 0) is 39.1 Å². The predicted molar refractivity (Wildman–Crippen MR) is 205 cm³/mol. The molecule has 0 unspecified atom stereocenters. The first kappa shape index (κ1) is 43.1. The van der Waals surface area contributed by atoms with Crippen LogP contribution >= 0.6 is 47.2 Å². The zero-order valence-electron chi connectivity index (χ0n) is 28.3. The van der Waals surface area contributed by atoms with E-state index in [1.807, 2.05) is 6.11 Å². The molecule has 0 aliphatic heterocycles. The lowest BCUT2D eigenvalue weighted by atomic mass is 10.1. The topological polar surface area (TPSA) is 300 Å². The number of thioether (sulfide) groups is 2. The number of phenols is 1. The number of benzene rings is 4. The monoisotopic (exact) mass is 899 g/mol. The Morgan fingerprint density at radius 1 is 0.982 bits per heavy atom. The van der Waals surface area contributed by atoms with Crippen molar-refractivity contribution in [2.75, 3.05) is 24.0 Å². The molecular formula is C30H22ClN7O14S5. The van der Waals surface area contributed by atoms with Crippen LogP contribution in [0.1, 0.15) is 10.4 Å². The molecule has 0 spiro atoms. The lowest BCUT2D eigenvalue weighted by Gasteiger charge is -2.15. The van der Waals surface area contributed by atoms with E-state index in [1.165, 1.54) is 67.4 Å². The molecule has 21 nitrogen and oxygen atoms in total. The third-order valence-electron chi connectivity index (χ3n) is 6.78. The van der Waals surface area contributed by atoms with Crippen LogP contribution in [0.3, 0.4) is 0 Å². The fraction of sp³-hybridized carbons (Fsp3) is 0.0667. The summed E-state index contributed by atoms with van der Waals surface area (Å²) < 4.78 is 77.6. The third-order valence-corrected chi connectivity index (χ3v) is 9.86. The Hall–Kier alpha value is -5.02. The van der Waals surface area contributed by atoms with Crippen molar-refractivity contribution < 1.29 is 64.4 Å². The molecular weight excluding hydrogens is 878 g/mol. The molecule has 0 saturated carbocycles. The van der Waals surface area contributed by atoms with E-state index in [1.54, 1.807) is 6.26 Å². The van der Waals surface area contributed by atoms with Gasteiger partial charge in [0.2, 0.25) is 11.2 Å². The molecule has 4 aromatic carbocycles. The van der Waals surface area contributed by atoms with Gasteiger partial charge >= 0.3 is 10.4 Å². The second-order valence-electron chi connectivity index (χ2n) is 10.3. The molecule has 0 atom stereocenters. The van der Waals surface area contributed by atoms with Gasteiger partial charge in [-0.3, -0.25) is 18.8 Å². The first-order valence-corrected chi connectivity index (χ1v) is 20.7. The van der Waals surface area contributed by atoms with Gasteiger partial charge in [-0.2, -0.15) is 31.8 Å². The van der Waals surface area contributed by atoms with Crippen LogP contribution in [0.2, 0.25) is 5.28 Å². The Morgan fingerprint density at radius 3 is 2.40 bits per heavy atom. The molecule has 5 aromatic rings. The van der Waals surface area contributed by atoms with E-state index < -0.39 is 37.1 Å². The van der Waals surface area contributed by atoms with Crippen LogP contribution in [0.5, 0.6) is 11.5 Å². The maximum Gasteiger partial charge on any atom is 0.433 e. The number of fused-ring (bicyclic) bond motifs is 1. The molecule has 0 aliphatic rings. The van der Waals surface area contributed by atoms with Crippen molar-refractivity contribution in [1.82, 2.24) is 15.0 Å². The van der Waals surface area contributed by atoms with E-state index in [4.69, 9.17) is 26.1 Å². The van der Waals surface area contributed by atoms with E-state index in [9.17, 15) is 31.3 Å². The molecule has 1 aromatic heterocycles. The first-order valence-electron chi connectivity index (χ1n) is 14.8. The average molecular weight is 900 g/mol. The molecule has 0 fully saturated rings. The molecule has 1 amide bonds. The highest BCUT2D eigenvalue weighted by Crippen LogP contribution is 2.47. The standard InChI is InChI=1S/C30H22ClN7O14S5/c1-48-22-13-18(54-10-9-49-52-57(45,46)47)7-8-20(22)37-38-25-23(55-51-50-41)12-16-11-19(56(42,43)44)14-21(24(16)26(25)39)33-27(40)15-3-5-17(6-4-15)32-29-34-28(31)35-30(36-29)53-2/h3-8,11-14,39,41H,1-2H3,(H,33,40)(H,42,43,44)(H,45,46,47)(H,32,34,35,36). The van der Waals surface area contributed by atoms with Gasteiger partial charge in [0, 0.05) is 26.8 Å². The molecule has 0 radical (unpaired) electrons. The number of anilines is 3. The second-order valence-corrected chi connectivity index (χ2v) is 15.5. The van der Waals surface area contributed by atoms with Crippen LogP contribution in [0.25, 0.3) is 10.8 Å². The van der Waals surface area contributed by atoms with Gasteiger partial charge in [-0.1, -0.05) is 16.8 Å². The highest BCUT2D eigenvalue weighted by Gasteiger charge is 2.23. The fourth-order valence-corrected chi connectivity index (χ4v) is 6.71. The van der Waals surface area contributed by atoms with Gasteiger partial charge in [-0.15, -0.1) is 14.6 Å². The summed E-state index contributed by atoms with van der Waals surface area (Å²) in [6.07, 6.45) is 3.66.